The molecule has 1 aliphatic rings. The van der Waals surface area contributed by atoms with Crippen molar-refractivity contribution in [1.29, 1.82) is 0 Å². The number of thioether (sulfide) groups is 1. The van der Waals surface area contributed by atoms with Crippen LogP contribution in [0.25, 0.3) is 0 Å². The van der Waals surface area contributed by atoms with Crippen LogP contribution in [-0.2, 0) is 9.53 Å². The standard InChI is InChI=1S/C13H15NO3S/c1-3-6-17-13(16)9-4-5-11-10(7-9)14-12(15)8(2)18-11/h4-5,7-8H,3,6H2,1-2H3,(H,14,15). The maximum Gasteiger partial charge on any atom is 0.338 e. The number of benzene rings is 1. The van der Waals surface area contributed by atoms with Gasteiger partial charge in [0.05, 0.1) is 23.1 Å². The van der Waals surface area contributed by atoms with E-state index in [1.165, 1.54) is 11.8 Å². The van der Waals surface area contributed by atoms with Crippen molar-refractivity contribution in [3.63, 3.8) is 0 Å². The maximum absolute atomic E-state index is 11.7. The van der Waals surface area contributed by atoms with Crippen LogP contribution in [0.15, 0.2) is 23.1 Å². The number of ether oxygens (including phenoxy) is 1. The molecule has 0 saturated carbocycles. The molecule has 0 fully saturated rings. The molecule has 0 aliphatic carbocycles. The third-order valence-corrected chi connectivity index (χ3v) is 3.76. The van der Waals surface area contributed by atoms with E-state index in [4.69, 9.17) is 4.74 Å². The Morgan fingerprint density at radius 1 is 1.50 bits per heavy atom. The summed E-state index contributed by atoms with van der Waals surface area (Å²) in [5, 5.41) is 2.69. The summed E-state index contributed by atoms with van der Waals surface area (Å²) in [6, 6.07) is 5.25. The van der Waals surface area contributed by atoms with Gasteiger partial charge in [-0.15, -0.1) is 11.8 Å². The van der Waals surface area contributed by atoms with E-state index < -0.39 is 0 Å². The van der Waals surface area contributed by atoms with Crippen molar-refractivity contribution in [3.05, 3.63) is 23.8 Å². The Bertz CT molecular complexity index is 487. The van der Waals surface area contributed by atoms with Crippen molar-refractivity contribution in [3.8, 4) is 0 Å². The lowest BCUT2D eigenvalue weighted by Crippen LogP contribution is -2.26. The Morgan fingerprint density at radius 3 is 3.00 bits per heavy atom. The Hall–Kier alpha value is -1.49. The number of hydrogen-bond acceptors (Lipinski definition) is 4. The first-order valence-electron chi connectivity index (χ1n) is 5.90. The smallest absolute Gasteiger partial charge is 0.338 e. The Kier molecular flexibility index (Phi) is 3.91. The molecule has 1 unspecified atom stereocenters. The summed E-state index contributed by atoms with van der Waals surface area (Å²) in [5.41, 5.74) is 1.16. The molecule has 1 aliphatic heterocycles. The van der Waals surface area contributed by atoms with Gasteiger partial charge in [0, 0.05) is 4.90 Å². The molecular weight excluding hydrogens is 250 g/mol. The quantitative estimate of drug-likeness (QED) is 0.854. The van der Waals surface area contributed by atoms with Crippen molar-refractivity contribution >= 4 is 29.3 Å². The van der Waals surface area contributed by atoms with E-state index in [1.54, 1.807) is 12.1 Å². The number of nitrogens with one attached hydrogen (secondary N) is 1. The van der Waals surface area contributed by atoms with Gasteiger partial charge in [0.25, 0.3) is 0 Å². The number of hydrogen-bond donors (Lipinski definition) is 1. The molecule has 5 heteroatoms. The first-order chi connectivity index (χ1) is 8.61. The minimum Gasteiger partial charge on any atom is -0.462 e. The van der Waals surface area contributed by atoms with Crippen LogP contribution < -0.4 is 5.32 Å². The van der Waals surface area contributed by atoms with Gasteiger partial charge in [0.2, 0.25) is 5.91 Å². The summed E-state index contributed by atoms with van der Waals surface area (Å²) in [5.74, 6) is -0.385. The summed E-state index contributed by atoms with van der Waals surface area (Å²) in [4.78, 5) is 24.2. The Morgan fingerprint density at radius 2 is 2.28 bits per heavy atom. The lowest BCUT2D eigenvalue weighted by molar-refractivity contribution is -0.115. The topological polar surface area (TPSA) is 55.4 Å². The first-order valence-corrected chi connectivity index (χ1v) is 6.78. The highest BCUT2D eigenvalue weighted by Crippen LogP contribution is 2.35. The number of fused-ring (bicyclic) bond motifs is 1. The van der Waals surface area contributed by atoms with Gasteiger partial charge in [0.15, 0.2) is 0 Å². The molecule has 1 atom stereocenters. The highest BCUT2D eigenvalue weighted by atomic mass is 32.2. The lowest BCUT2D eigenvalue weighted by atomic mass is 10.2. The van der Waals surface area contributed by atoms with Crippen molar-refractivity contribution in [2.75, 3.05) is 11.9 Å². The molecule has 1 N–H and O–H groups in total. The summed E-state index contributed by atoms with van der Waals surface area (Å²) >= 11 is 1.49. The van der Waals surface area contributed by atoms with E-state index in [9.17, 15) is 9.59 Å². The van der Waals surface area contributed by atoms with Gasteiger partial charge in [-0.25, -0.2) is 4.79 Å². The van der Waals surface area contributed by atoms with Crippen molar-refractivity contribution < 1.29 is 14.3 Å². The molecule has 0 radical (unpaired) electrons. The minimum absolute atomic E-state index is 0.0356. The SMILES string of the molecule is CCCOC(=O)c1ccc2c(c1)NC(=O)C(C)S2. The van der Waals surface area contributed by atoms with E-state index in [0.29, 0.717) is 17.9 Å². The second-order valence-electron chi connectivity index (χ2n) is 4.10. The van der Waals surface area contributed by atoms with Gasteiger partial charge in [0.1, 0.15) is 0 Å². The van der Waals surface area contributed by atoms with Gasteiger partial charge in [-0.05, 0) is 31.5 Å². The van der Waals surface area contributed by atoms with Gasteiger partial charge in [-0.1, -0.05) is 6.92 Å². The zero-order valence-corrected chi connectivity index (χ0v) is 11.2. The van der Waals surface area contributed by atoms with E-state index in [2.05, 4.69) is 5.32 Å². The van der Waals surface area contributed by atoms with Crippen LogP contribution in [0.1, 0.15) is 30.6 Å². The molecule has 1 aromatic rings. The molecule has 0 spiro atoms. The third kappa shape index (κ3) is 2.67. The average Bonchev–Trinajstić information content (AvgIpc) is 2.36. The van der Waals surface area contributed by atoms with Crippen molar-refractivity contribution in [1.82, 2.24) is 0 Å². The van der Waals surface area contributed by atoms with Crippen LogP contribution in [0.4, 0.5) is 5.69 Å². The van der Waals surface area contributed by atoms with Crippen LogP contribution in [0.3, 0.4) is 0 Å². The monoisotopic (exact) mass is 265 g/mol. The molecular formula is C13H15NO3S. The second-order valence-corrected chi connectivity index (χ2v) is 5.48. The van der Waals surface area contributed by atoms with Crippen molar-refractivity contribution in [2.24, 2.45) is 0 Å². The predicted octanol–water partition coefficient (Wildman–Crippen LogP) is 2.69. The van der Waals surface area contributed by atoms with Crippen LogP contribution >= 0.6 is 11.8 Å². The molecule has 1 aromatic carbocycles. The molecule has 18 heavy (non-hydrogen) atoms. The number of rotatable bonds is 3. The fourth-order valence-corrected chi connectivity index (χ4v) is 2.54. The average molecular weight is 265 g/mol. The van der Waals surface area contributed by atoms with Gasteiger partial charge >= 0.3 is 5.97 Å². The summed E-state index contributed by atoms with van der Waals surface area (Å²) < 4.78 is 5.06. The summed E-state index contributed by atoms with van der Waals surface area (Å²) in [6.45, 7) is 4.21. The zero-order chi connectivity index (χ0) is 13.1. The van der Waals surface area contributed by atoms with Crippen molar-refractivity contribution in [2.45, 2.75) is 30.4 Å². The number of carbonyl (C=O) groups excluding carboxylic acids is 2. The molecule has 4 nitrogen and oxygen atoms in total. The van der Waals surface area contributed by atoms with Gasteiger partial charge < -0.3 is 10.1 Å². The van der Waals surface area contributed by atoms with Gasteiger partial charge in [-0.3, -0.25) is 4.79 Å². The zero-order valence-electron chi connectivity index (χ0n) is 10.4. The normalized spacial score (nSPS) is 17.9. The highest BCUT2D eigenvalue weighted by molar-refractivity contribution is 8.00. The highest BCUT2D eigenvalue weighted by Gasteiger charge is 2.23. The van der Waals surface area contributed by atoms with E-state index >= 15 is 0 Å². The minimum atomic E-state index is -0.350. The first kappa shape index (κ1) is 13.0. The van der Waals surface area contributed by atoms with Crippen LogP contribution in [0.2, 0.25) is 0 Å². The third-order valence-electron chi connectivity index (χ3n) is 2.58. The Labute approximate surface area is 110 Å². The summed E-state index contributed by atoms with van der Waals surface area (Å²) in [7, 11) is 0. The largest absolute Gasteiger partial charge is 0.462 e. The molecule has 2 rings (SSSR count). The van der Waals surface area contributed by atoms with Gasteiger partial charge in [-0.2, -0.15) is 0 Å². The van der Waals surface area contributed by atoms with Crippen LogP contribution in [0.5, 0.6) is 0 Å². The molecule has 0 bridgehead atoms. The Balaban J connectivity index is 2.19. The number of esters is 1. The van der Waals surface area contributed by atoms with Crippen LogP contribution in [0, 0.1) is 0 Å². The van der Waals surface area contributed by atoms with Crippen LogP contribution in [-0.4, -0.2) is 23.7 Å². The fourth-order valence-electron chi connectivity index (χ4n) is 1.61. The van der Waals surface area contributed by atoms with E-state index in [1.807, 2.05) is 19.9 Å². The number of anilines is 1. The molecule has 1 amide bonds. The number of carbonyl (C=O) groups is 2. The van der Waals surface area contributed by atoms with E-state index in [0.717, 1.165) is 11.3 Å². The fraction of sp³-hybridized carbons (Fsp3) is 0.385. The molecule has 0 saturated heterocycles. The predicted molar refractivity (Wildman–Crippen MR) is 71.0 cm³/mol. The lowest BCUT2D eigenvalue weighted by Gasteiger charge is -2.21. The molecule has 0 aromatic heterocycles. The second kappa shape index (κ2) is 5.44. The number of amides is 1. The molecule has 1 heterocycles. The summed E-state index contributed by atoms with van der Waals surface area (Å²) in [6.07, 6.45) is 0.792. The van der Waals surface area contributed by atoms with E-state index in [-0.39, 0.29) is 17.1 Å². The maximum atomic E-state index is 11.7. The molecule has 96 valence electrons.